The molecule has 2 aromatic carbocycles. The van der Waals surface area contributed by atoms with Crippen molar-refractivity contribution in [3.8, 4) is 5.75 Å². The molecule has 2 aromatic rings. The lowest BCUT2D eigenvalue weighted by atomic mass is 10.0. The minimum Gasteiger partial charge on any atom is -0.494 e. The number of sulfonamides is 1. The Bertz CT molecular complexity index is 859. The summed E-state index contributed by atoms with van der Waals surface area (Å²) in [6, 6.07) is 11.3. The molecule has 0 aliphatic rings. The van der Waals surface area contributed by atoms with Gasteiger partial charge in [0.25, 0.3) is 0 Å². The summed E-state index contributed by atoms with van der Waals surface area (Å²) in [5.41, 5.74) is 7.12. The molecule has 0 fully saturated rings. The number of hydrogen-bond donors (Lipinski definition) is 2. The summed E-state index contributed by atoms with van der Waals surface area (Å²) in [6.07, 6.45) is 0. The predicted octanol–water partition coefficient (Wildman–Crippen LogP) is 3.05. The average Bonchev–Trinajstić information content (AvgIpc) is 2.57. The van der Waals surface area contributed by atoms with E-state index in [2.05, 4.69) is 4.72 Å². The molecule has 0 unspecified atom stereocenters. The van der Waals surface area contributed by atoms with E-state index >= 15 is 0 Å². The van der Waals surface area contributed by atoms with Crippen LogP contribution in [0.2, 0.25) is 0 Å². The number of carbonyl (C=O) groups excluding carboxylic acids is 1. The molecule has 2 rings (SSSR count). The number of nitrogens with two attached hydrogens (primary N) is 1. The number of hydrogen-bond acceptors (Lipinski definition) is 5. The average molecular weight is 362 g/mol. The fourth-order valence-electron chi connectivity index (χ4n) is 2.09. The fraction of sp³-hybridized carbons (Fsp3) is 0.278. The summed E-state index contributed by atoms with van der Waals surface area (Å²) in [5.74, 6) is 0.454. The highest BCUT2D eigenvalue weighted by molar-refractivity contribution is 7.93. The van der Waals surface area contributed by atoms with Crippen molar-refractivity contribution in [1.82, 2.24) is 0 Å². The van der Waals surface area contributed by atoms with Gasteiger partial charge < -0.3 is 10.5 Å². The molecule has 0 aliphatic carbocycles. The Kier molecular flexibility index (Phi) is 5.69. The van der Waals surface area contributed by atoms with Gasteiger partial charge in [0.15, 0.2) is 5.78 Å². The van der Waals surface area contributed by atoms with Crippen molar-refractivity contribution in [1.29, 1.82) is 0 Å². The van der Waals surface area contributed by atoms with E-state index in [0.717, 1.165) is 0 Å². The lowest BCUT2D eigenvalue weighted by molar-refractivity contribution is 0.103. The van der Waals surface area contributed by atoms with Crippen molar-refractivity contribution in [3.05, 3.63) is 53.6 Å². The van der Waals surface area contributed by atoms with E-state index in [1.54, 1.807) is 44.2 Å². The smallest absolute Gasteiger partial charge is 0.235 e. The number of anilines is 2. The third-order valence-corrected chi connectivity index (χ3v) is 5.36. The number of benzene rings is 2. The van der Waals surface area contributed by atoms with Crippen LogP contribution >= 0.6 is 0 Å². The van der Waals surface area contributed by atoms with Crippen LogP contribution in [0, 0.1) is 0 Å². The van der Waals surface area contributed by atoms with E-state index in [9.17, 15) is 13.2 Å². The Morgan fingerprint density at radius 1 is 1.12 bits per heavy atom. The van der Waals surface area contributed by atoms with Gasteiger partial charge in [-0.05, 0) is 63.2 Å². The summed E-state index contributed by atoms with van der Waals surface area (Å²) >= 11 is 0. The molecule has 7 heteroatoms. The van der Waals surface area contributed by atoms with Gasteiger partial charge in [-0.15, -0.1) is 0 Å². The molecule has 6 nitrogen and oxygen atoms in total. The van der Waals surface area contributed by atoms with Crippen LogP contribution < -0.4 is 15.2 Å². The Balaban J connectivity index is 2.30. The second-order valence-corrected chi connectivity index (χ2v) is 8.02. The topological polar surface area (TPSA) is 98.5 Å². The zero-order chi connectivity index (χ0) is 18.6. The van der Waals surface area contributed by atoms with Crippen molar-refractivity contribution >= 4 is 27.2 Å². The summed E-state index contributed by atoms with van der Waals surface area (Å²) < 4.78 is 31.9. The van der Waals surface area contributed by atoms with Crippen LogP contribution in [-0.2, 0) is 10.0 Å². The van der Waals surface area contributed by atoms with Crippen LogP contribution in [0.3, 0.4) is 0 Å². The third-order valence-electron chi connectivity index (χ3n) is 3.62. The molecule has 134 valence electrons. The van der Waals surface area contributed by atoms with Crippen LogP contribution in [0.1, 0.15) is 36.7 Å². The maximum atomic E-state index is 12.6. The molecule has 0 aromatic heterocycles. The van der Waals surface area contributed by atoms with Crippen LogP contribution in [0.25, 0.3) is 0 Å². The second-order valence-electron chi connectivity index (χ2n) is 5.78. The van der Waals surface area contributed by atoms with E-state index in [0.29, 0.717) is 23.5 Å². The Labute approximate surface area is 148 Å². The minimum atomic E-state index is -3.55. The quantitative estimate of drug-likeness (QED) is 0.583. The molecular weight excluding hydrogens is 340 g/mol. The van der Waals surface area contributed by atoms with Gasteiger partial charge in [0.05, 0.1) is 23.2 Å². The molecular formula is C18H22N2O4S. The standard InChI is InChI=1S/C18H22N2O4S/c1-4-24-15-8-5-13(6-9-15)18(21)14-7-10-16(19)17(11-14)20-25(22,23)12(2)3/h5-12,20H,4,19H2,1-3H3. The molecule has 0 bridgehead atoms. The van der Waals surface area contributed by atoms with Crippen LogP contribution in [-0.4, -0.2) is 26.1 Å². The van der Waals surface area contributed by atoms with Gasteiger partial charge in [0.1, 0.15) is 5.75 Å². The highest BCUT2D eigenvalue weighted by Gasteiger charge is 2.18. The summed E-state index contributed by atoms with van der Waals surface area (Å²) in [4.78, 5) is 12.6. The SMILES string of the molecule is CCOc1ccc(C(=O)c2ccc(N)c(NS(=O)(=O)C(C)C)c2)cc1. The van der Waals surface area contributed by atoms with E-state index in [-0.39, 0.29) is 17.2 Å². The van der Waals surface area contributed by atoms with Crippen LogP contribution in [0.15, 0.2) is 42.5 Å². The van der Waals surface area contributed by atoms with Gasteiger partial charge >= 0.3 is 0 Å². The summed E-state index contributed by atoms with van der Waals surface area (Å²) in [5, 5.41) is -0.614. The molecule has 0 saturated heterocycles. The van der Waals surface area contributed by atoms with Gasteiger partial charge in [-0.2, -0.15) is 0 Å². The molecule has 25 heavy (non-hydrogen) atoms. The van der Waals surface area contributed by atoms with E-state index in [1.807, 2.05) is 6.92 Å². The van der Waals surface area contributed by atoms with Crippen molar-refractivity contribution in [2.45, 2.75) is 26.0 Å². The van der Waals surface area contributed by atoms with Gasteiger partial charge in [0.2, 0.25) is 10.0 Å². The second kappa shape index (κ2) is 7.57. The summed E-state index contributed by atoms with van der Waals surface area (Å²) in [6.45, 7) is 5.55. The van der Waals surface area contributed by atoms with Gasteiger partial charge in [-0.3, -0.25) is 9.52 Å². The minimum absolute atomic E-state index is 0.200. The van der Waals surface area contributed by atoms with E-state index in [1.165, 1.54) is 12.1 Å². The predicted molar refractivity (Wildman–Crippen MR) is 99.6 cm³/mol. The summed E-state index contributed by atoms with van der Waals surface area (Å²) in [7, 11) is -3.55. The number of ketones is 1. The fourth-order valence-corrected chi connectivity index (χ4v) is 2.81. The van der Waals surface area contributed by atoms with Crippen molar-refractivity contribution in [3.63, 3.8) is 0 Å². The first-order chi connectivity index (χ1) is 11.7. The first-order valence-corrected chi connectivity index (χ1v) is 9.48. The number of carbonyl (C=O) groups is 1. The zero-order valence-corrected chi connectivity index (χ0v) is 15.3. The van der Waals surface area contributed by atoms with Gasteiger partial charge in [-0.25, -0.2) is 8.42 Å². The number of ether oxygens (including phenoxy) is 1. The Morgan fingerprint density at radius 3 is 2.28 bits per heavy atom. The monoisotopic (exact) mass is 362 g/mol. The maximum Gasteiger partial charge on any atom is 0.235 e. The molecule has 0 radical (unpaired) electrons. The highest BCUT2D eigenvalue weighted by Crippen LogP contribution is 2.24. The largest absolute Gasteiger partial charge is 0.494 e. The van der Waals surface area contributed by atoms with Crippen molar-refractivity contribution in [2.75, 3.05) is 17.1 Å². The Morgan fingerprint density at radius 2 is 1.72 bits per heavy atom. The van der Waals surface area contributed by atoms with Gasteiger partial charge in [0, 0.05) is 11.1 Å². The first kappa shape index (κ1) is 18.8. The number of nitrogen functional groups attached to an aromatic ring is 1. The van der Waals surface area contributed by atoms with Crippen LogP contribution in [0.5, 0.6) is 5.75 Å². The van der Waals surface area contributed by atoms with Crippen LogP contribution in [0.4, 0.5) is 11.4 Å². The van der Waals surface area contributed by atoms with E-state index < -0.39 is 15.3 Å². The zero-order valence-electron chi connectivity index (χ0n) is 14.4. The van der Waals surface area contributed by atoms with Crippen molar-refractivity contribution < 1.29 is 17.9 Å². The first-order valence-electron chi connectivity index (χ1n) is 7.93. The molecule has 3 N–H and O–H groups in total. The molecule has 0 heterocycles. The maximum absolute atomic E-state index is 12.6. The normalized spacial score (nSPS) is 11.4. The van der Waals surface area contributed by atoms with Gasteiger partial charge in [-0.1, -0.05) is 0 Å². The highest BCUT2D eigenvalue weighted by atomic mass is 32.2. The molecule has 0 spiro atoms. The Hall–Kier alpha value is -2.54. The third kappa shape index (κ3) is 4.51. The lowest BCUT2D eigenvalue weighted by Crippen LogP contribution is -2.23. The molecule has 0 aliphatic heterocycles. The number of nitrogens with one attached hydrogen (secondary N) is 1. The molecule has 0 atom stereocenters. The van der Waals surface area contributed by atoms with Crippen molar-refractivity contribution in [2.24, 2.45) is 0 Å². The van der Waals surface area contributed by atoms with E-state index in [4.69, 9.17) is 10.5 Å². The molecule has 0 saturated carbocycles. The molecule has 0 amide bonds. The number of rotatable bonds is 7. The lowest BCUT2D eigenvalue weighted by Gasteiger charge is -2.14.